The summed E-state index contributed by atoms with van der Waals surface area (Å²) in [6, 6.07) is 47.3. The van der Waals surface area contributed by atoms with Crippen LogP contribution in [0.4, 0.5) is 0 Å². The van der Waals surface area contributed by atoms with Crippen molar-refractivity contribution < 1.29 is 0 Å². The van der Waals surface area contributed by atoms with E-state index in [-0.39, 0.29) is 0 Å². The maximum atomic E-state index is 9.20. The van der Waals surface area contributed by atoms with Gasteiger partial charge < -0.3 is 0 Å². The molecule has 0 amide bonds. The Hall–Kier alpha value is -4.41. The topological polar surface area (TPSA) is 23.8 Å². The van der Waals surface area contributed by atoms with Crippen molar-refractivity contribution in [2.24, 2.45) is 0 Å². The molecule has 33 heavy (non-hydrogen) atoms. The molecule has 5 aromatic carbocycles. The van der Waals surface area contributed by atoms with Gasteiger partial charge in [0.05, 0.1) is 17.0 Å². The maximum absolute atomic E-state index is 9.20. The van der Waals surface area contributed by atoms with Gasteiger partial charge in [0.15, 0.2) is 0 Å². The summed E-state index contributed by atoms with van der Waals surface area (Å²) in [7, 11) is 0. The minimum absolute atomic E-state index is 0.392. The normalized spacial score (nSPS) is 13.1. The molecule has 0 radical (unpaired) electrons. The zero-order valence-corrected chi connectivity index (χ0v) is 18.1. The van der Waals surface area contributed by atoms with Gasteiger partial charge >= 0.3 is 0 Å². The van der Waals surface area contributed by atoms with Gasteiger partial charge in [0.1, 0.15) is 0 Å². The zero-order valence-electron chi connectivity index (χ0n) is 18.1. The number of rotatable bonds is 3. The lowest BCUT2D eigenvalue weighted by Crippen LogP contribution is -2.28. The molecule has 5 aromatic rings. The van der Waals surface area contributed by atoms with E-state index in [1.165, 1.54) is 33.4 Å². The summed E-state index contributed by atoms with van der Waals surface area (Å²) in [4.78, 5) is 0. The minimum atomic E-state index is -0.392. The molecule has 0 unspecified atom stereocenters. The van der Waals surface area contributed by atoms with Crippen molar-refractivity contribution in [2.45, 2.75) is 5.41 Å². The van der Waals surface area contributed by atoms with Crippen molar-refractivity contribution in [3.05, 3.63) is 155 Å². The molecule has 0 heterocycles. The fourth-order valence-corrected chi connectivity index (χ4v) is 5.36. The minimum Gasteiger partial charge on any atom is -0.192 e. The van der Waals surface area contributed by atoms with Gasteiger partial charge in [-0.3, -0.25) is 0 Å². The van der Waals surface area contributed by atoms with Crippen LogP contribution in [-0.4, -0.2) is 0 Å². The first kappa shape index (κ1) is 19.3. The summed E-state index contributed by atoms with van der Waals surface area (Å²) in [6.07, 6.45) is 0. The molecule has 154 valence electrons. The summed E-state index contributed by atoms with van der Waals surface area (Å²) in [6.45, 7) is 0. The van der Waals surface area contributed by atoms with E-state index < -0.39 is 5.41 Å². The van der Waals surface area contributed by atoms with Gasteiger partial charge in [-0.05, 0) is 62.7 Å². The molecule has 1 aliphatic rings. The second-order valence-electron chi connectivity index (χ2n) is 8.48. The van der Waals surface area contributed by atoms with Crippen LogP contribution in [0.5, 0.6) is 0 Å². The summed E-state index contributed by atoms with van der Waals surface area (Å²) in [5.41, 5.74) is 10.2. The van der Waals surface area contributed by atoms with E-state index in [0.29, 0.717) is 5.56 Å². The zero-order chi connectivity index (χ0) is 22.3. The Morgan fingerprint density at radius 3 is 1.67 bits per heavy atom. The molecule has 0 bridgehead atoms. The van der Waals surface area contributed by atoms with Gasteiger partial charge in [-0.25, -0.2) is 0 Å². The van der Waals surface area contributed by atoms with E-state index >= 15 is 0 Å². The number of nitriles is 1. The SMILES string of the molecule is N#Cc1ccc(-c2ccc3c(c2)C(c2ccccc2)(c2ccccc2)c2ccccc2-3)cc1. The van der Waals surface area contributed by atoms with Crippen LogP contribution in [-0.2, 0) is 5.41 Å². The summed E-state index contributed by atoms with van der Waals surface area (Å²) < 4.78 is 0. The smallest absolute Gasteiger partial charge is 0.0991 e. The van der Waals surface area contributed by atoms with E-state index in [1.807, 2.05) is 24.3 Å². The highest BCUT2D eigenvalue weighted by Gasteiger charge is 2.45. The largest absolute Gasteiger partial charge is 0.192 e. The highest BCUT2D eigenvalue weighted by molar-refractivity contribution is 5.88. The quantitative estimate of drug-likeness (QED) is 0.290. The molecule has 1 heteroatoms. The van der Waals surface area contributed by atoms with Crippen LogP contribution in [0.15, 0.2) is 127 Å². The first-order valence-electron chi connectivity index (χ1n) is 11.2. The lowest BCUT2D eigenvalue weighted by molar-refractivity contribution is 0.769. The van der Waals surface area contributed by atoms with Gasteiger partial charge in [-0.15, -0.1) is 0 Å². The molecule has 6 rings (SSSR count). The molecular weight excluding hydrogens is 398 g/mol. The van der Waals surface area contributed by atoms with Gasteiger partial charge in [0, 0.05) is 0 Å². The van der Waals surface area contributed by atoms with E-state index in [4.69, 9.17) is 0 Å². The Morgan fingerprint density at radius 2 is 1.03 bits per heavy atom. The molecular formula is C32H21N. The Morgan fingerprint density at radius 1 is 0.485 bits per heavy atom. The Balaban J connectivity index is 1.69. The molecule has 0 saturated carbocycles. The second-order valence-corrected chi connectivity index (χ2v) is 8.48. The summed E-state index contributed by atoms with van der Waals surface area (Å²) >= 11 is 0. The molecule has 1 nitrogen and oxygen atoms in total. The fraction of sp³-hybridized carbons (Fsp3) is 0.0312. The Labute approximate surface area is 194 Å². The van der Waals surface area contributed by atoms with Crippen LogP contribution in [0.3, 0.4) is 0 Å². The van der Waals surface area contributed by atoms with Crippen LogP contribution in [0.2, 0.25) is 0 Å². The molecule has 1 aliphatic carbocycles. The third-order valence-electron chi connectivity index (χ3n) is 6.81. The Bertz CT molecular complexity index is 1450. The molecule has 0 spiro atoms. The predicted octanol–water partition coefficient (Wildman–Crippen LogP) is 7.59. The van der Waals surface area contributed by atoms with E-state index in [0.717, 1.165) is 11.1 Å². The Kier molecular flexibility index (Phi) is 4.45. The fourth-order valence-electron chi connectivity index (χ4n) is 5.36. The third kappa shape index (κ3) is 2.85. The van der Waals surface area contributed by atoms with Crippen LogP contribution in [0.1, 0.15) is 27.8 Å². The van der Waals surface area contributed by atoms with Crippen molar-refractivity contribution in [1.29, 1.82) is 5.26 Å². The number of hydrogen-bond donors (Lipinski definition) is 0. The van der Waals surface area contributed by atoms with Gasteiger partial charge in [0.25, 0.3) is 0 Å². The molecule has 0 aliphatic heterocycles. The number of benzene rings is 5. The lowest BCUT2D eigenvalue weighted by atomic mass is 9.67. The van der Waals surface area contributed by atoms with Crippen LogP contribution >= 0.6 is 0 Å². The van der Waals surface area contributed by atoms with Gasteiger partial charge in [-0.1, -0.05) is 109 Å². The van der Waals surface area contributed by atoms with Crippen molar-refractivity contribution in [2.75, 3.05) is 0 Å². The molecule has 0 aromatic heterocycles. The first-order valence-corrected chi connectivity index (χ1v) is 11.2. The summed E-state index contributed by atoms with van der Waals surface area (Å²) in [5.74, 6) is 0. The monoisotopic (exact) mass is 419 g/mol. The van der Waals surface area contributed by atoms with Gasteiger partial charge in [-0.2, -0.15) is 5.26 Å². The van der Waals surface area contributed by atoms with Gasteiger partial charge in [0.2, 0.25) is 0 Å². The summed E-state index contributed by atoms with van der Waals surface area (Å²) in [5, 5.41) is 9.20. The van der Waals surface area contributed by atoms with Crippen molar-refractivity contribution in [1.82, 2.24) is 0 Å². The second kappa shape index (κ2) is 7.62. The van der Waals surface area contributed by atoms with E-state index in [9.17, 15) is 5.26 Å². The third-order valence-corrected chi connectivity index (χ3v) is 6.81. The molecule has 0 N–H and O–H groups in total. The van der Waals surface area contributed by atoms with Crippen LogP contribution in [0, 0.1) is 11.3 Å². The average Bonchev–Trinajstić information content (AvgIpc) is 3.20. The molecule has 0 saturated heterocycles. The number of nitrogens with zero attached hydrogens (tertiary/aromatic N) is 1. The molecule has 0 fully saturated rings. The first-order chi connectivity index (χ1) is 16.3. The lowest BCUT2D eigenvalue weighted by Gasteiger charge is -2.34. The standard InChI is InChI=1S/C32H21N/c33-22-23-15-17-24(18-16-23)25-19-20-29-28-13-7-8-14-30(28)32(31(29)21-25,26-9-3-1-4-10-26)27-11-5-2-6-12-27/h1-21H. The van der Waals surface area contributed by atoms with Crippen molar-refractivity contribution in [3.8, 4) is 28.3 Å². The van der Waals surface area contributed by atoms with Crippen LogP contribution < -0.4 is 0 Å². The molecule has 0 atom stereocenters. The highest BCUT2D eigenvalue weighted by Crippen LogP contribution is 2.56. The van der Waals surface area contributed by atoms with E-state index in [2.05, 4.69) is 109 Å². The predicted molar refractivity (Wildman–Crippen MR) is 134 cm³/mol. The van der Waals surface area contributed by atoms with Crippen molar-refractivity contribution in [3.63, 3.8) is 0 Å². The highest BCUT2D eigenvalue weighted by atomic mass is 14.5. The van der Waals surface area contributed by atoms with Crippen LogP contribution in [0.25, 0.3) is 22.3 Å². The van der Waals surface area contributed by atoms with E-state index in [1.54, 1.807) is 0 Å². The van der Waals surface area contributed by atoms with Crippen molar-refractivity contribution >= 4 is 0 Å². The average molecular weight is 420 g/mol. The maximum Gasteiger partial charge on any atom is 0.0991 e. The number of fused-ring (bicyclic) bond motifs is 3. The number of hydrogen-bond acceptors (Lipinski definition) is 1.